The highest BCUT2D eigenvalue weighted by atomic mass is 79.9. The van der Waals surface area contributed by atoms with Crippen LogP contribution >= 0.6 is 15.9 Å². The van der Waals surface area contributed by atoms with Gasteiger partial charge in [0.05, 0.1) is 0 Å². The van der Waals surface area contributed by atoms with Crippen LogP contribution in [0.1, 0.15) is 28.3 Å². The van der Waals surface area contributed by atoms with Crippen LogP contribution in [0, 0.1) is 13.8 Å². The Morgan fingerprint density at radius 3 is 2.42 bits per heavy atom. The molecule has 2 aromatic rings. The molecule has 3 nitrogen and oxygen atoms in total. The van der Waals surface area contributed by atoms with Crippen LogP contribution < -0.4 is 5.32 Å². The van der Waals surface area contributed by atoms with Gasteiger partial charge >= 0.3 is 0 Å². The Labute approximate surface area is 122 Å². The van der Waals surface area contributed by atoms with E-state index in [1.807, 2.05) is 33.0 Å². The number of nitrogens with one attached hydrogen (secondary N) is 1. The second-order valence-electron chi connectivity index (χ2n) is 4.63. The minimum Gasteiger partial charge on any atom is -0.316 e. The quantitative estimate of drug-likeness (QED) is 0.940. The van der Waals surface area contributed by atoms with Crippen molar-refractivity contribution in [2.24, 2.45) is 0 Å². The first kappa shape index (κ1) is 14.2. The molecule has 0 amide bonds. The van der Waals surface area contributed by atoms with Crippen molar-refractivity contribution in [3.63, 3.8) is 0 Å². The second kappa shape index (κ2) is 6.26. The second-order valence-corrected chi connectivity index (χ2v) is 5.54. The predicted octanol–water partition coefficient (Wildman–Crippen LogP) is 3.17. The lowest BCUT2D eigenvalue weighted by molar-refractivity contribution is 0.773. The molecule has 0 saturated carbocycles. The number of hydrogen-bond donors (Lipinski definition) is 1. The molecule has 0 spiro atoms. The Morgan fingerprint density at radius 1 is 1.16 bits per heavy atom. The summed E-state index contributed by atoms with van der Waals surface area (Å²) in [6, 6.07) is 8.27. The Kier molecular flexibility index (Phi) is 4.66. The molecule has 19 heavy (non-hydrogen) atoms. The average molecular weight is 320 g/mol. The third-order valence-corrected chi connectivity index (χ3v) is 3.57. The highest BCUT2D eigenvalue weighted by Gasteiger charge is 2.08. The highest BCUT2D eigenvalue weighted by Crippen LogP contribution is 2.16. The number of aryl methyl sites for hydroxylation is 2. The van der Waals surface area contributed by atoms with E-state index in [-0.39, 0.29) is 0 Å². The number of halogens is 1. The van der Waals surface area contributed by atoms with Gasteiger partial charge in [-0.05, 0) is 38.6 Å². The van der Waals surface area contributed by atoms with Crippen LogP contribution in [0.25, 0.3) is 0 Å². The van der Waals surface area contributed by atoms with E-state index in [9.17, 15) is 0 Å². The lowest BCUT2D eigenvalue weighted by Crippen LogP contribution is -2.12. The summed E-state index contributed by atoms with van der Waals surface area (Å²) in [5, 5.41) is 3.16. The van der Waals surface area contributed by atoms with E-state index in [2.05, 4.69) is 43.3 Å². The van der Waals surface area contributed by atoms with Crippen LogP contribution in [0.2, 0.25) is 0 Å². The van der Waals surface area contributed by atoms with Gasteiger partial charge in [0.15, 0.2) is 0 Å². The van der Waals surface area contributed by atoms with E-state index >= 15 is 0 Å². The third-order valence-electron chi connectivity index (χ3n) is 3.07. The molecule has 100 valence electrons. The van der Waals surface area contributed by atoms with Gasteiger partial charge in [-0.15, -0.1) is 0 Å². The Morgan fingerprint density at radius 2 is 1.84 bits per heavy atom. The summed E-state index contributed by atoms with van der Waals surface area (Å²) < 4.78 is 1.09. The first-order valence-electron chi connectivity index (χ1n) is 6.32. The van der Waals surface area contributed by atoms with Gasteiger partial charge in [-0.25, -0.2) is 9.97 Å². The molecule has 1 heterocycles. The molecule has 1 aromatic heterocycles. The lowest BCUT2D eigenvalue weighted by atomic mass is 10.1. The van der Waals surface area contributed by atoms with Crippen LogP contribution in [0.5, 0.6) is 0 Å². The maximum Gasteiger partial charge on any atom is 0.133 e. The Bertz CT molecular complexity index is 558. The standard InChI is InChI=1S/C15H18BrN3/c1-10-14(9-17-3)11(2)19-15(18-10)8-12-5-4-6-13(16)7-12/h4-7,17H,8-9H2,1-3H3. The molecule has 2 rings (SSSR count). The normalized spacial score (nSPS) is 10.7. The van der Waals surface area contributed by atoms with E-state index in [0.29, 0.717) is 0 Å². The Balaban J connectivity index is 2.27. The van der Waals surface area contributed by atoms with Crippen molar-refractivity contribution in [1.29, 1.82) is 0 Å². The zero-order chi connectivity index (χ0) is 13.8. The van der Waals surface area contributed by atoms with Gasteiger partial charge in [-0.2, -0.15) is 0 Å². The van der Waals surface area contributed by atoms with Crippen LogP contribution in [-0.4, -0.2) is 17.0 Å². The summed E-state index contributed by atoms with van der Waals surface area (Å²) in [6.07, 6.45) is 0.765. The summed E-state index contributed by atoms with van der Waals surface area (Å²) in [5.41, 5.74) is 4.54. The molecule has 0 saturated heterocycles. The molecule has 0 radical (unpaired) electrons. The Hall–Kier alpha value is -1.26. The minimum absolute atomic E-state index is 0.765. The molecular weight excluding hydrogens is 302 g/mol. The smallest absolute Gasteiger partial charge is 0.133 e. The van der Waals surface area contributed by atoms with Gasteiger partial charge in [0, 0.05) is 34.4 Å². The first-order valence-corrected chi connectivity index (χ1v) is 7.11. The summed E-state index contributed by atoms with van der Waals surface area (Å²) >= 11 is 3.49. The van der Waals surface area contributed by atoms with Gasteiger partial charge in [-0.1, -0.05) is 28.1 Å². The molecule has 0 aliphatic heterocycles. The van der Waals surface area contributed by atoms with Crippen molar-refractivity contribution in [3.05, 3.63) is 57.1 Å². The summed E-state index contributed by atoms with van der Waals surface area (Å²) in [4.78, 5) is 9.22. The van der Waals surface area contributed by atoms with E-state index in [1.165, 1.54) is 11.1 Å². The maximum atomic E-state index is 4.61. The van der Waals surface area contributed by atoms with Crippen molar-refractivity contribution in [2.45, 2.75) is 26.8 Å². The molecule has 0 unspecified atom stereocenters. The van der Waals surface area contributed by atoms with E-state index in [0.717, 1.165) is 34.7 Å². The zero-order valence-electron chi connectivity index (χ0n) is 11.5. The van der Waals surface area contributed by atoms with Crippen molar-refractivity contribution < 1.29 is 0 Å². The first-order chi connectivity index (χ1) is 9.10. The van der Waals surface area contributed by atoms with Crippen molar-refractivity contribution in [2.75, 3.05) is 7.05 Å². The summed E-state index contributed by atoms with van der Waals surface area (Å²) in [5.74, 6) is 0.882. The molecule has 0 aliphatic rings. The molecule has 0 atom stereocenters. The van der Waals surface area contributed by atoms with Gasteiger partial charge in [0.1, 0.15) is 5.82 Å². The zero-order valence-corrected chi connectivity index (χ0v) is 13.1. The number of hydrogen-bond acceptors (Lipinski definition) is 3. The predicted molar refractivity (Wildman–Crippen MR) is 81.2 cm³/mol. The molecule has 1 aromatic carbocycles. The third kappa shape index (κ3) is 3.61. The number of aromatic nitrogens is 2. The van der Waals surface area contributed by atoms with E-state index in [4.69, 9.17) is 0 Å². The molecular formula is C15H18BrN3. The fourth-order valence-electron chi connectivity index (χ4n) is 2.15. The minimum atomic E-state index is 0.765. The fraction of sp³-hybridized carbons (Fsp3) is 0.333. The van der Waals surface area contributed by atoms with Gasteiger partial charge in [0.2, 0.25) is 0 Å². The average Bonchev–Trinajstić information content (AvgIpc) is 2.34. The van der Waals surface area contributed by atoms with E-state index < -0.39 is 0 Å². The molecule has 0 aliphatic carbocycles. The molecule has 0 fully saturated rings. The largest absolute Gasteiger partial charge is 0.316 e. The molecule has 0 bridgehead atoms. The number of rotatable bonds is 4. The van der Waals surface area contributed by atoms with Crippen LogP contribution in [0.15, 0.2) is 28.7 Å². The lowest BCUT2D eigenvalue weighted by Gasteiger charge is -2.10. The van der Waals surface area contributed by atoms with Crippen LogP contribution in [-0.2, 0) is 13.0 Å². The number of nitrogens with zero attached hydrogens (tertiary/aromatic N) is 2. The van der Waals surface area contributed by atoms with Crippen LogP contribution in [0.4, 0.5) is 0 Å². The summed E-state index contributed by atoms with van der Waals surface area (Å²) in [7, 11) is 1.94. The number of benzene rings is 1. The monoisotopic (exact) mass is 319 g/mol. The van der Waals surface area contributed by atoms with Gasteiger partial charge in [-0.3, -0.25) is 0 Å². The topological polar surface area (TPSA) is 37.8 Å². The SMILES string of the molecule is CNCc1c(C)nc(Cc2cccc(Br)c2)nc1C. The van der Waals surface area contributed by atoms with Crippen molar-refractivity contribution in [1.82, 2.24) is 15.3 Å². The summed E-state index contributed by atoms with van der Waals surface area (Å²) in [6.45, 7) is 4.91. The van der Waals surface area contributed by atoms with Crippen molar-refractivity contribution in [3.8, 4) is 0 Å². The molecule has 4 heteroatoms. The van der Waals surface area contributed by atoms with Crippen molar-refractivity contribution >= 4 is 15.9 Å². The van der Waals surface area contributed by atoms with Gasteiger partial charge in [0.25, 0.3) is 0 Å². The van der Waals surface area contributed by atoms with Gasteiger partial charge < -0.3 is 5.32 Å². The van der Waals surface area contributed by atoms with Crippen LogP contribution in [0.3, 0.4) is 0 Å². The fourth-order valence-corrected chi connectivity index (χ4v) is 2.60. The highest BCUT2D eigenvalue weighted by molar-refractivity contribution is 9.10. The maximum absolute atomic E-state index is 4.61. The van der Waals surface area contributed by atoms with E-state index in [1.54, 1.807) is 0 Å². The molecule has 1 N–H and O–H groups in total.